The summed E-state index contributed by atoms with van der Waals surface area (Å²) in [4.78, 5) is 0. The van der Waals surface area contributed by atoms with Gasteiger partial charge < -0.3 is 10.8 Å². The molecule has 3 heteroatoms. The second kappa shape index (κ2) is 3.24. The molecule has 1 aliphatic carbocycles. The van der Waals surface area contributed by atoms with E-state index in [1.807, 2.05) is 0 Å². The number of hydrogen-bond donors (Lipinski definition) is 2. The van der Waals surface area contributed by atoms with Gasteiger partial charge in [0.05, 0.1) is 0 Å². The molecule has 1 aromatic carbocycles. The number of hydrogen-bond acceptors (Lipinski definition) is 2. The van der Waals surface area contributed by atoms with Gasteiger partial charge in [0.1, 0.15) is 11.6 Å². The molecule has 1 atom stereocenters. The first kappa shape index (κ1) is 9.46. The molecule has 0 bridgehead atoms. The number of phenolic OH excluding ortho intramolecular Hbond substituents is 1. The molecule has 0 amide bonds. The number of aryl methyl sites for hydroxylation is 1. The molecule has 0 aliphatic heterocycles. The van der Waals surface area contributed by atoms with Crippen LogP contribution in [-0.4, -0.2) is 5.11 Å². The van der Waals surface area contributed by atoms with Gasteiger partial charge >= 0.3 is 0 Å². The molecule has 76 valence electrons. The fraction of sp³-hybridized carbons (Fsp3) is 0.455. The average Bonchev–Trinajstić information content (AvgIpc) is 2.95. The Kier molecular flexibility index (Phi) is 2.19. The molecule has 1 aliphatic rings. The predicted molar refractivity (Wildman–Crippen MR) is 52.5 cm³/mol. The lowest BCUT2D eigenvalue weighted by molar-refractivity contribution is 0.438. The van der Waals surface area contributed by atoms with Crippen LogP contribution in [0.5, 0.6) is 5.75 Å². The van der Waals surface area contributed by atoms with E-state index in [1.165, 1.54) is 6.07 Å². The average molecular weight is 195 g/mol. The molecule has 1 fully saturated rings. The summed E-state index contributed by atoms with van der Waals surface area (Å²) in [5.74, 6) is -0.0332. The van der Waals surface area contributed by atoms with Gasteiger partial charge in [-0.2, -0.15) is 0 Å². The van der Waals surface area contributed by atoms with Gasteiger partial charge in [0, 0.05) is 11.6 Å². The minimum Gasteiger partial charge on any atom is -0.507 e. The number of phenols is 1. The smallest absolute Gasteiger partial charge is 0.131 e. The van der Waals surface area contributed by atoms with E-state index in [2.05, 4.69) is 0 Å². The highest BCUT2D eigenvalue weighted by Crippen LogP contribution is 2.43. The van der Waals surface area contributed by atoms with E-state index in [-0.39, 0.29) is 17.4 Å². The van der Waals surface area contributed by atoms with Crippen molar-refractivity contribution in [3.05, 3.63) is 29.1 Å². The standard InChI is InChI=1S/C11H14FNO/c1-6-2-5-8(12)9(11(6)14)10(13)7-3-4-7/h2,5,7,10,14H,3-4,13H2,1H3/t10-/m1/s1. The first-order valence-corrected chi connectivity index (χ1v) is 4.85. The van der Waals surface area contributed by atoms with Crippen molar-refractivity contribution in [3.8, 4) is 5.75 Å². The lowest BCUT2D eigenvalue weighted by atomic mass is 9.99. The van der Waals surface area contributed by atoms with Crippen molar-refractivity contribution in [3.63, 3.8) is 0 Å². The minimum atomic E-state index is -0.396. The van der Waals surface area contributed by atoms with Crippen LogP contribution in [0.1, 0.15) is 30.0 Å². The first-order chi connectivity index (χ1) is 6.61. The Labute approximate surface area is 82.5 Å². The number of rotatable bonds is 2. The van der Waals surface area contributed by atoms with Crippen LogP contribution in [-0.2, 0) is 0 Å². The second-order valence-corrected chi connectivity index (χ2v) is 3.99. The molecule has 0 unspecified atom stereocenters. The van der Waals surface area contributed by atoms with E-state index in [0.29, 0.717) is 11.5 Å². The monoisotopic (exact) mass is 195 g/mol. The number of halogens is 1. The van der Waals surface area contributed by atoms with Gasteiger partial charge in [-0.3, -0.25) is 0 Å². The van der Waals surface area contributed by atoms with E-state index in [1.54, 1.807) is 13.0 Å². The lowest BCUT2D eigenvalue weighted by Gasteiger charge is -2.14. The van der Waals surface area contributed by atoms with Crippen LogP contribution in [0.4, 0.5) is 4.39 Å². The normalized spacial score (nSPS) is 18.2. The summed E-state index contributed by atoms with van der Waals surface area (Å²) in [6.45, 7) is 1.75. The molecule has 14 heavy (non-hydrogen) atoms. The van der Waals surface area contributed by atoms with Gasteiger partial charge in [-0.25, -0.2) is 4.39 Å². The van der Waals surface area contributed by atoms with Crippen LogP contribution in [0.2, 0.25) is 0 Å². The summed E-state index contributed by atoms with van der Waals surface area (Å²) in [6, 6.07) is 2.58. The van der Waals surface area contributed by atoms with Crippen molar-refractivity contribution < 1.29 is 9.50 Å². The summed E-state index contributed by atoms with van der Waals surface area (Å²) in [7, 11) is 0. The fourth-order valence-corrected chi connectivity index (χ4v) is 1.70. The Hall–Kier alpha value is -1.09. The third-order valence-electron chi connectivity index (χ3n) is 2.83. The van der Waals surface area contributed by atoms with Gasteiger partial charge in [0.2, 0.25) is 0 Å². The first-order valence-electron chi connectivity index (χ1n) is 4.85. The fourth-order valence-electron chi connectivity index (χ4n) is 1.70. The van der Waals surface area contributed by atoms with Crippen molar-refractivity contribution in [2.75, 3.05) is 0 Å². The predicted octanol–water partition coefficient (Wildman–Crippen LogP) is 2.25. The summed E-state index contributed by atoms with van der Waals surface area (Å²) in [5, 5.41) is 9.71. The number of benzene rings is 1. The SMILES string of the molecule is Cc1ccc(F)c([C@H](N)C2CC2)c1O. The van der Waals surface area contributed by atoms with Crippen molar-refractivity contribution in [1.82, 2.24) is 0 Å². The Bertz CT molecular complexity index is 361. The topological polar surface area (TPSA) is 46.2 Å². The van der Waals surface area contributed by atoms with Crippen LogP contribution in [0, 0.1) is 18.7 Å². The van der Waals surface area contributed by atoms with Crippen molar-refractivity contribution in [1.29, 1.82) is 0 Å². The van der Waals surface area contributed by atoms with Crippen LogP contribution < -0.4 is 5.73 Å². The molecule has 0 saturated heterocycles. The molecule has 0 spiro atoms. The van der Waals surface area contributed by atoms with Crippen molar-refractivity contribution in [2.24, 2.45) is 11.7 Å². The van der Waals surface area contributed by atoms with E-state index < -0.39 is 5.82 Å². The van der Waals surface area contributed by atoms with Crippen LogP contribution >= 0.6 is 0 Å². The molecule has 2 nitrogen and oxygen atoms in total. The minimum absolute atomic E-state index is 0.0180. The van der Waals surface area contributed by atoms with Crippen molar-refractivity contribution >= 4 is 0 Å². The summed E-state index contributed by atoms with van der Waals surface area (Å²) >= 11 is 0. The van der Waals surface area contributed by atoms with Crippen LogP contribution in [0.25, 0.3) is 0 Å². The van der Waals surface area contributed by atoms with E-state index >= 15 is 0 Å². The maximum Gasteiger partial charge on any atom is 0.131 e. The molecule has 0 aromatic heterocycles. The highest BCUT2D eigenvalue weighted by atomic mass is 19.1. The summed E-state index contributed by atoms with van der Waals surface area (Å²) in [5.41, 5.74) is 6.83. The second-order valence-electron chi connectivity index (χ2n) is 3.99. The van der Waals surface area contributed by atoms with Gasteiger partial charge in [0.25, 0.3) is 0 Å². The van der Waals surface area contributed by atoms with Crippen LogP contribution in [0.3, 0.4) is 0 Å². The summed E-state index contributed by atoms with van der Waals surface area (Å²) in [6.07, 6.45) is 2.07. The molecule has 2 rings (SSSR count). The third kappa shape index (κ3) is 1.48. The van der Waals surface area contributed by atoms with Gasteiger partial charge in [-0.05, 0) is 37.3 Å². The molecular weight excluding hydrogens is 181 g/mol. The zero-order chi connectivity index (χ0) is 10.3. The third-order valence-corrected chi connectivity index (χ3v) is 2.83. The molecule has 0 radical (unpaired) electrons. The Morgan fingerprint density at radius 2 is 2.14 bits per heavy atom. The van der Waals surface area contributed by atoms with Gasteiger partial charge in [-0.1, -0.05) is 6.07 Å². The quantitative estimate of drug-likeness (QED) is 0.760. The Morgan fingerprint density at radius 3 is 2.71 bits per heavy atom. The maximum atomic E-state index is 13.4. The largest absolute Gasteiger partial charge is 0.507 e. The number of aromatic hydroxyl groups is 1. The van der Waals surface area contributed by atoms with E-state index in [0.717, 1.165) is 12.8 Å². The zero-order valence-electron chi connectivity index (χ0n) is 8.13. The molecular formula is C11H14FNO. The Balaban J connectivity index is 2.43. The van der Waals surface area contributed by atoms with E-state index in [9.17, 15) is 9.50 Å². The zero-order valence-corrected chi connectivity index (χ0v) is 8.13. The maximum absolute atomic E-state index is 13.4. The molecule has 3 N–H and O–H groups in total. The Morgan fingerprint density at radius 1 is 1.50 bits per heavy atom. The van der Waals surface area contributed by atoms with Crippen LogP contribution in [0.15, 0.2) is 12.1 Å². The van der Waals surface area contributed by atoms with Gasteiger partial charge in [0.15, 0.2) is 0 Å². The molecule has 0 heterocycles. The lowest BCUT2D eigenvalue weighted by Crippen LogP contribution is -2.14. The molecule has 1 aromatic rings. The highest BCUT2D eigenvalue weighted by molar-refractivity contribution is 5.42. The highest BCUT2D eigenvalue weighted by Gasteiger charge is 2.33. The number of nitrogens with two attached hydrogens (primary N) is 1. The van der Waals surface area contributed by atoms with Gasteiger partial charge in [-0.15, -0.1) is 0 Å². The van der Waals surface area contributed by atoms with Crippen molar-refractivity contribution in [2.45, 2.75) is 25.8 Å². The summed E-state index contributed by atoms with van der Waals surface area (Å²) < 4.78 is 13.4. The van der Waals surface area contributed by atoms with E-state index in [4.69, 9.17) is 5.73 Å². The molecule has 1 saturated carbocycles.